The van der Waals surface area contributed by atoms with E-state index in [1.165, 1.54) is 0 Å². The molecule has 144 valence electrons. The van der Waals surface area contributed by atoms with Gasteiger partial charge in [0.15, 0.2) is 11.6 Å². The molecule has 5 nitrogen and oxygen atoms in total. The zero-order valence-electron chi connectivity index (χ0n) is 16.1. The van der Waals surface area contributed by atoms with Crippen molar-refractivity contribution in [3.8, 4) is 0 Å². The number of carbonyl (C=O) groups excluding carboxylic acids is 2. The Morgan fingerprint density at radius 3 is 2.24 bits per heavy atom. The molecule has 6 heteroatoms. The number of rotatable bonds is 6. The highest BCUT2D eigenvalue weighted by Gasteiger charge is 2.45. The summed E-state index contributed by atoms with van der Waals surface area (Å²) in [5, 5.41) is 15.5. The second kappa shape index (κ2) is 7.41. The zero-order chi connectivity index (χ0) is 19.0. The maximum atomic E-state index is 14.5. The van der Waals surface area contributed by atoms with Crippen LogP contribution in [0.3, 0.4) is 0 Å². The lowest BCUT2D eigenvalue weighted by molar-refractivity contribution is -0.129. The van der Waals surface area contributed by atoms with Gasteiger partial charge in [-0.15, -0.1) is 0 Å². The molecule has 2 fully saturated rings. The van der Waals surface area contributed by atoms with Gasteiger partial charge in [-0.2, -0.15) is 0 Å². The summed E-state index contributed by atoms with van der Waals surface area (Å²) in [6, 6.07) is -1.24. The Labute approximate surface area is 150 Å². The van der Waals surface area contributed by atoms with Gasteiger partial charge in [0.05, 0.1) is 12.1 Å². The summed E-state index contributed by atoms with van der Waals surface area (Å²) in [4.78, 5) is 25.2. The Bertz CT molecular complexity index is 515. The molecule has 2 saturated heterocycles. The summed E-state index contributed by atoms with van der Waals surface area (Å²) >= 11 is 0. The Balaban J connectivity index is 1.98. The number of carbonyl (C=O) groups is 2. The maximum Gasteiger partial charge on any atom is 0.155 e. The quantitative estimate of drug-likeness (QED) is 0.674. The highest BCUT2D eigenvalue weighted by atomic mass is 19.1. The molecule has 25 heavy (non-hydrogen) atoms. The van der Waals surface area contributed by atoms with E-state index < -0.39 is 29.1 Å². The first-order chi connectivity index (χ1) is 11.5. The molecule has 1 unspecified atom stereocenters. The zero-order valence-corrected chi connectivity index (χ0v) is 16.1. The first kappa shape index (κ1) is 20.5. The van der Waals surface area contributed by atoms with Crippen LogP contribution in [0.1, 0.15) is 53.9 Å². The Hall–Kier alpha value is -0.850. The highest BCUT2D eigenvalue weighted by Crippen LogP contribution is 2.34. The van der Waals surface area contributed by atoms with Crippen molar-refractivity contribution in [3.05, 3.63) is 0 Å². The van der Waals surface area contributed by atoms with E-state index in [1.54, 1.807) is 0 Å². The molecule has 0 aromatic rings. The van der Waals surface area contributed by atoms with Gasteiger partial charge in [0, 0.05) is 36.4 Å². The molecule has 2 rings (SSSR count). The summed E-state index contributed by atoms with van der Waals surface area (Å²) in [7, 11) is 0. The van der Waals surface area contributed by atoms with Crippen molar-refractivity contribution in [2.45, 2.75) is 78.2 Å². The predicted octanol–water partition coefficient (Wildman–Crippen LogP) is 1.63. The summed E-state index contributed by atoms with van der Waals surface area (Å²) in [6.45, 7) is 9.92. The van der Waals surface area contributed by atoms with Gasteiger partial charge in [0.1, 0.15) is 6.17 Å². The summed E-state index contributed by atoms with van der Waals surface area (Å²) in [5.41, 5.74) is -1.20. The number of nitrogens with one attached hydrogen (secondary N) is 2. The van der Waals surface area contributed by atoms with Gasteiger partial charge in [-0.3, -0.25) is 9.59 Å². The van der Waals surface area contributed by atoms with Crippen molar-refractivity contribution in [1.82, 2.24) is 10.6 Å². The number of aliphatic hydroxyl groups is 1. The van der Waals surface area contributed by atoms with Gasteiger partial charge < -0.3 is 15.7 Å². The van der Waals surface area contributed by atoms with E-state index in [9.17, 15) is 19.1 Å². The average Bonchev–Trinajstić information content (AvgIpc) is 3.11. The highest BCUT2D eigenvalue weighted by molar-refractivity contribution is 5.90. The fraction of sp³-hybridized carbons (Fsp3) is 0.895. The molecule has 2 aliphatic rings. The fourth-order valence-corrected chi connectivity index (χ4v) is 3.98. The molecule has 0 bridgehead atoms. The van der Waals surface area contributed by atoms with Gasteiger partial charge in [-0.1, -0.05) is 34.6 Å². The number of ketones is 2. The van der Waals surface area contributed by atoms with E-state index in [0.29, 0.717) is 19.4 Å². The fourth-order valence-electron chi connectivity index (χ4n) is 3.98. The summed E-state index contributed by atoms with van der Waals surface area (Å²) in [5.74, 6) is 0.185. The smallest absolute Gasteiger partial charge is 0.155 e. The number of Topliss-reactive ketones (excluding diaryl/α,β-unsaturated/α-hetero) is 2. The predicted molar refractivity (Wildman–Crippen MR) is 95.1 cm³/mol. The monoisotopic (exact) mass is 356 g/mol. The summed E-state index contributed by atoms with van der Waals surface area (Å²) in [6.07, 6.45) is 0.0496. The molecular formula is C19H33FN2O3. The largest absolute Gasteiger partial charge is 0.396 e. The van der Waals surface area contributed by atoms with Crippen LogP contribution in [0.4, 0.5) is 4.39 Å². The van der Waals surface area contributed by atoms with Crippen LogP contribution in [0, 0.1) is 16.7 Å². The second-order valence-corrected chi connectivity index (χ2v) is 9.39. The van der Waals surface area contributed by atoms with Crippen molar-refractivity contribution < 1.29 is 19.1 Å². The lowest BCUT2D eigenvalue weighted by Crippen LogP contribution is -2.46. The van der Waals surface area contributed by atoms with Gasteiger partial charge in [-0.25, -0.2) is 4.39 Å². The molecule has 3 N–H and O–H groups in total. The first-order valence-electron chi connectivity index (χ1n) is 9.28. The topological polar surface area (TPSA) is 78.4 Å². The van der Waals surface area contributed by atoms with Crippen molar-refractivity contribution in [2.75, 3.05) is 13.2 Å². The normalized spacial score (nSPS) is 33.6. The van der Waals surface area contributed by atoms with E-state index in [4.69, 9.17) is 0 Å². The summed E-state index contributed by atoms with van der Waals surface area (Å²) < 4.78 is 14.5. The molecule has 0 radical (unpaired) electrons. The minimum Gasteiger partial charge on any atom is -0.396 e. The maximum absolute atomic E-state index is 14.5. The number of alkyl halides is 1. The Morgan fingerprint density at radius 2 is 1.72 bits per heavy atom. The Morgan fingerprint density at radius 1 is 1.08 bits per heavy atom. The molecule has 2 heterocycles. The van der Waals surface area contributed by atoms with Crippen molar-refractivity contribution in [3.63, 3.8) is 0 Å². The molecule has 0 spiro atoms. The van der Waals surface area contributed by atoms with Crippen LogP contribution in [0.15, 0.2) is 0 Å². The van der Waals surface area contributed by atoms with Gasteiger partial charge >= 0.3 is 0 Å². The van der Waals surface area contributed by atoms with E-state index in [1.807, 2.05) is 34.6 Å². The molecule has 0 aromatic carbocycles. The number of hydrogen-bond donors (Lipinski definition) is 3. The third-order valence-electron chi connectivity index (χ3n) is 5.56. The van der Waals surface area contributed by atoms with Crippen molar-refractivity contribution in [2.24, 2.45) is 16.7 Å². The van der Waals surface area contributed by atoms with E-state index in [2.05, 4.69) is 10.6 Å². The van der Waals surface area contributed by atoms with Crippen molar-refractivity contribution in [1.29, 1.82) is 0 Å². The van der Waals surface area contributed by atoms with Crippen LogP contribution >= 0.6 is 0 Å². The lowest BCUT2D eigenvalue weighted by atomic mass is 9.77. The first-order valence-corrected chi connectivity index (χ1v) is 9.28. The lowest BCUT2D eigenvalue weighted by Gasteiger charge is -2.30. The minimum absolute atomic E-state index is 0.0185. The molecule has 5 atom stereocenters. The van der Waals surface area contributed by atoms with Crippen LogP contribution in [0.25, 0.3) is 0 Å². The number of aliphatic hydroxyl groups excluding tert-OH is 1. The van der Waals surface area contributed by atoms with Crippen LogP contribution in [0.2, 0.25) is 0 Å². The number of halogens is 1. The van der Waals surface area contributed by atoms with Gasteiger partial charge in [-0.05, 0) is 18.8 Å². The van der Waals surface area contributed by atoms with E-state index in [0.717, 1.165) is 0 Å². The molecule has 0 aromatic heterocycles. The van der Waals surface area contributed by atoms with Crippen molar-refractivity contribution >= 4 is 11.6 Å². The van der Waals surface area contributed by atoms with Crippen LogP contribution in [-0.4, -0.2) is 54.1 Å². The number of hydrogen-bond acceptors (Lipinski definition) is 5. The third kappa shape index (κ3) is 4.66. The van der Waals surface area contributed by atoms with Crippen LogP contribution in [0.5, 0.6) is 0 Å². The van der Waals surface area contributed by atoms with Gasteiger partial charge in [0.2, 0.25) is 0 Å². The van der Waals surface area contributed by atoms with Gasteiger partial charge in [0.25, 0.3) is 0 Å². The standard InChI is InChI=1S/C19H33FN2O3/c1-18(2,3)16(24)14-7-12(20)15(22-14)8-19(4,5)17(25)13-6-11(10-23)9-21-13/h11-15,21-23H,6-10H2,1-5H3/t11-,12-,13+,14+,15?/m1/s1. The SMILES string of the molecule is CC(C)(C)C(=O)[C@@H]1C[C@@H](F)C(CC(C)(C)C(=O)[C@@H]2C[C@@H](CO)CN2)N1. The second-order valence-electron chi connectivity index (χ2n) is 9.39. The van der Waals surface area contributed by atoms with E-state index >= 15 is 0 Å². The Kier molecular flexibility index (Phi) is 6.07. The third-order valence-corrected chi connectivity index (χ3v) is 5.56. The van der Waals surface area contributed by atoms with Crippen LogP contribution < -0.4 is 10.6 Å². The molecule has 0 aliphatic carbocycles. The minimum atomic E-state index is -1.12. The van der Waals surface area contributed by atoms with Crippen LogP contribution in [-0.2, 0) is 9.59 Å². The van der Waals surface area contributed by atoms with E-state index in [-0.39, 0.29) is 36.6 Å². The average molecular weight is 356 g/mol. The molecule has 2 aliphatic heterocycles. The molecular weight excluding hydrogens is 323 g/mol. The molecule has 0 amide bonds. The molecule has 0 saturated carbocycles.